The molecule has 3 N–H and O–H groups in total. The molecule has 0 saturated heterocycles. The maximum atomic E-state index is 11.7. The van der Waals surface area contributed by atoms with E-state index in [-0.39, 0.29) is 11.8 Å². The topological polar surface area (TPSA) is 72.9 Å². The molecular weight excluding hydrogens is 216 g/mol. The standard InChI is InChI=1S/C12H22N4O/c1-4-9(2)11(13)12(17)14-7-5-10-6-8-16(3)15-10/h6,8-9,11H,4-5,7,13H2,1-3H3,(H,14,17)/t9?,11-/m0/s1. The highest BCUT2D eigenvalue weighted by atomic mass is 16.2. The van der Waals surface area contributed by atoms with E-state index in [1.165, 1.54) is 0 Å². The predicted octanol–water partition coefficient (Wildman–Crippen LogP) is 0.452. The summed E-state index contributed by atoms with van der Waals surface area (Å²) < 4.78 is 1.75. The van der Waals surface area contributed by atoms with Gasteiger partial charge < -0.3 is 11.1 Å². The molecule has 1 amide bonds. The maximum absolute atomic E-state index is 11.7. The fourth-order valence-corrected chi connectivity index (χ4v) is 1.54. The number of rotatable bonds is 6. The molecule has 0 saturated carbocycles. The molecule has 0 aliphatic carbocycles. The van der Waals surface area contributed by atoms with E-state index in [1.54, 1.807) is 4.68 Å². The Morgan fingerprint density at radius 3 is 2.88 bits per heavy atom. The third-order valence-corrected chi connectivity index (χ3v) is 3.01. The minimum Gasteiger partial charge on any atom is -0.354 e. The first kappa shape index (κ1) is 13.7. The Kier molecular flexibility index (Phi) is 5.15. The molecule has 1 rings (SSSR count). The number of aromatic nitrogens is 2. The van der Waals surface area contributed by atoms with Gasteiger partial charge in [0.05, 0.1) is 11.7 Å². The second-order valence-corrected chi connectivity index (χ2v) is 4.43. The van der Waals surface area contributed by atoms with Crippen molar-refractivity contribution in [3.05, 3.63) is 18.0 Å². The Balaban J connectivity index is 2.29. The van der Waals surface area contributed by atoms with Crippen LogP contribution >= 0.6 is 0 Å². The minimum absolute atomic E-state index is 0.0738. The fraction of sp³-hybridized carbons (Fsp3) is 0.667. The average Bonchev–Trinajstić information content (AvgIpc) is 2.72. The molecular formula is C12H22N4O. The lowest BCUT2D eigenvalue weighted by Crippen LogP contribution is -2.45. The molecule has 5 heteroatoms. The molecule has 0 aliphatic heterocycles. The van der Waals surface area contributed by atoms with Gasteiger partial charge in [-0.2, -0.15) is 5.10 Å². The van der Waals surface area contributed by atoms with Crippen molar-refractivity contribution in [2.24, 2.45) is 18.7 Å². The Bertz CT molecular complexity index is 361. The van der Waals surface area contributed by atoms with E-state index < -0.39 is 6.04 Å². The molecule has 17 heavy (non-hydrogen) atoms. The lowest BCUT2D eigenvalue weighted by Gasteiger charge is -2.17. The van der Waals surface area contributed by atoms with Crippen molar-refractivity contribution in [3.8, 4) is 0 Å². The van der Waals surface area contributed by atoms with Gasteiger partial charge >= 0.3 is 0 Å². The molecule has 0 radical (unpaired) electrons. The minimum atomic E-state index is -0.413. The average molecular weight is 238 g/mol. The number of nitrogens with two attached hydrogens (primary N) is 1. The van der Waals surface area contributed by atoms with Crippen LogP contribution in [-0.2, 0) is 18.3 Å². The van der Waals surface area contributed by atoms with Gasteiger partial charge in [-0.15, -0.1) is 0 Å². The number of hydrogen-bond donors (Lipinski definition) is 2. The van der Waals surface area contributed by atoms with Gasteiger partial charge in [-0.1, -0.05) is 20.3 Å². The largest absolute Gasteiger partial charge is 0.354 e. The number of carbonyl (C=O) groups is 1. The van der Waals surface area contributed by atoms with Crippen LogP contribution in [-0.4, -0.2) is 28.3 Å². The van der Waals surface area contributed by atoms with Gasteiger partial charge in [0.2, 0.25) is 5.91 Å². The van der Waals surface area contributed by atoms with Gasteiger partial charge in [0.15, 0.2) is 0 Å². The molecule has 1 unspecified atom stereocenters. The predicted molar refractivity (Wildman–Crippen MR) is 67.4 cm³/mol. The van der Waals surface area contributed by atoms with Crippen molar-refractivity contribution in [2.45, 2.75) is 32.7 Å². The van der Waals surface area contributed by atoms with Crippen LogP contribution in [0.3, 0.4) is 0 Å². The van der Waals surface area contributed by atoms with Crippen molar-refractivity contribution in [2.75, 3.05) is 6.54 Å². The third-order valence-electron chi connectivity index (χ3n) is 3.01. The summed E-state index contributed by atoms with van der Waals surface area (Å²) in [6, 6.07) is 1.53. The number of nitrogens with one attached hydrogen (secondary N) is 1. The lowest BCUT2D eigenvalue weighted by atomic mass is 9.99. The summed E-state index contributed by atoms with van der Waals surface area (Å²) in [5.41, 5.74) is 6.80. The molecule has 0 aliphatic rings. The van der Waals surface area contributed by atoms with Crippen LogP contribution in [0.5, 0.6) is 0 Å². The molecule has 5 nitrogen and oxygen atoms in total. The summed E-state index contributed by atoms with van der Waals surface area (Å²) in [4.78, 5) is 11.7. The Labute approximate surface area is 102 Å². The van der Waals surface area contributed by atoms with Crippen LogP contribution in [0, 0.1) is 5.92 Å². The summed E-state index contributed by atoms with van der Waals surface area (Å²) >= 11 is 0. The van der Waals surface area contributed by atoms with Gasteiger partial charge in [0, 0.05) is 26.2 Å². The van der Waals surface area contributed by atoms with Crippen LogP contribution < -0.4 is 11.1 Å². The van der Waals surface area contributed by atoms with Crippen molar-refractivity contribution < 1.29 is 4.79 Å². The van der Waals surface area contributed by atoms with Gasteiger partial charge in [0.25, 0.3) is 0 Å². The van der Waals surface area contributed by atoms with Crippen LogP contribution in [0.1, 0.15) is 26.0 Å². The highest BCUT2D eigenvalue weighted by Gasteiger charge is 2.18. The number of nitrogens with zero attached hydrogens (tertiary/aromatic N) is 2. The first-order valence-electron chi connectivity index (χ1n) is 6.06. The quantitative estimate of drug-likeness (QED) is 0.756. The molecule has 96 valence electrons. The molecule has 0 bridgehead atoms. The summed E-state index contributed by atoms with van der Waals surface area (Å²) in [5.74, 6) is 0.139. The monoisotopic (exact) mass is 238 g/mol. The van der Waals surface area contributed by atoms with Crippen molar-refractivity contribution in [3.63, 3.8) is 0 Å². The molecule has 2 atom stereocenters. The molecule has 1 heterocycles. The van der Waals surface area contributed by atoms with Gasteiger partial charge in [-0.05, 0) is 12.0 Å². The van der Waals surface area contributed by atoms with E-state index in [4.69, 9.17) is 5.73 Å². The van der Waals surface area contributed by atoms with Crippen molar-refractivity contribution in [1.82, 2.24) is 15.1 Å². The smallest absolute Gasteiger partial charge is 0.237 e. The highest BCUT2D eigenvalue weighted by Crippen LogP contribution is 2.05. The van der Waals surface area contributed by atoms with Crippen molar-refractivity contribution >= 4 is 5.91 Å². The van der Waals surface area contributed by atoms with Crippen molar-refractivity contribution in [1.29, 1.82) is 0 Å². The third kappa shape index (κ3) is 4.19. The van der Waals surface area contributed by atoms with Gasteiger partial charge in [-0.3, -0.25) is 9.48 Å². The van der Waals surface area contributed by atoms with E-state index in [2.05, 4.69) is 10.4 Å². The molecule has 1 aromatic heterocycles. The van der Waals surface area contributed by atoms with Gasteiger partial charge in [-0.25, -0.2) is 0 Å². The Hall–Kier alpha value is -1.36. The fourth-order valence-electron chi connectivity index (χ4n) is 1.54. The van der Waals surface area contributed by atoms with E-state index in [0.717, 1.165) is 18.5 Å². The van der Waals surface area contributed by atoms with Crippen LogP contribution in [0.4, 0.5) is 0 Å². The highest BCUT2D eigenvalue weighted by molar-refractivity contribution is 5.81. The zero-order valence-electron chi connectivity index (χ0n) is 10.8. The van der Waals surface area contributed by atoms with E-state index in [9.17, 15) is 4.79 Å². The Morgan fingerprint density at radius 1 is 1.65 bits per heavy atom. The first-order chi connectivity index (χ1) is 8.04. The van der Waals surface area contributed by atoms with Crippen LogP contribution in [0.15, 0.2) is 12.3 Å². The molecule has 0 fully saturated rings. The number of carbonyl (C=O) groups excluding carboxylic acids is 1. The zero-order valence-corrected chi connectivity index (χ0v) is 10.8. The second-order valence-electron chi connectivity index (χ2n) is 4.43. The van der Waals surface area contributed by atoms with Crippen LogP contribution in [0.2, 0.25) is 0 Å². The summed E-state index contributed by atoms with van der Waals surface area (Å²) in [7, 11) is 1.88. The van der Waals surface area contributed by atoms with Gasteiger partial charge in [0.1, 0.15) is 0 Å². The molecule has 0 aromatic carbocycles. The zero-order chi connectivity index (χ0) is 12.8. The first-order valence-corrected chi connectivity index (χ1v) is 6.06. The number of amides is 1. The number of hydrogen-bond acceptors (Lipinski definition) is 3. The summed E-state index contributed by atoms with van der Waals surface area (Å²) in [6.45, 7) is 4.61. The summed E-state index contributed by atoms with van der Waals surface area (Å²) in [6.07, 6.45) is 3.54. The van der Waals surface area contributed by atoms with Crippen LogP contribution in [0.25, 0.3) is 0 Å². The molecule has 0 spiro atoms. The van der Waals surface area contributed by atoms with E-state index in [0.29, 0.717) is 6.54 Å². The lowest BCUT2D eigenvalue weighted by molar-refractivity contribution is -0.123. The van der Waals surface area contributed by atoms with E-state index >= 15 is 0 Å². The van der Waals surface area contributed by atoms with E-state index in [1.807, 2.05) is 33.2 Å². The SMILES string of the molecule is CCC(C)[C@H](N)C(=O)NCCc1ccn(C)n1. The normalized spacial score (nSPS) is 14.4. The second kappa shape index (κ2) is 6.39. The maximum Gasteiger partial charge on any atom is 0.237 e. The Morgan fingerprint density at radius 2 is 2.35 bits per heavy atom. The number of aryl methyl sites for hydroxylation is 1. The molecule has 1 aromatic rings. The summed E-state index contributed by atoms with van der Waals surface area (Å²) in [5, 5.41) is 7.08.